The van der Waals surface area contributed by atoms with E-state index in [2.05, 4.69) is 11.3 Å². The van der Waals surface area contributed by atoms with Crippen LogP contribution in [0.4, 0.5) is 4.79 Å². The molecule has 1 aromatic rings. The number of carbonyl (C=O) groups is 1. The molecule has 0 radical (unpaired) electrons. The Morgan fingerprint density at radius 1 is 1.22 bits per heavy atom. The summed E-state index contributed by atoms with van der Waals surface area (Å²) in [6.07, 6.45) is 5.94. The average molecular weight is 248 g/mol. The Hall–Kier alpha value is -1.77. The van der Waals surface area contributed by atoms with Crippen molar-refractivity contribution in [3.8, 4) is 0 Å². The maximum atomic E-state index is 10.0. The van der Waals surface area contributed by atoms with E-state index in [-0.39, 0.29) is 6.10 Å². The van der Waals surface area contributed by atoms with Gasteiger partial charge >= 0.3 is 6.16 Å². The fraction of sp³-hybridized carbons (Fsp3) is 0.400. The number of rotatable bonds is 2. The Labute approximate surface area is 108 Å². The molecule has 0 unspecified atom stereocenters. The van der Waals surface area contributed by atoms with E-state index in [0.29, 0.717) is 0 Å². The maximum absolute atomic E-state index is 10.0. The van der Waals surface area contributed by atoms with Crippen molar-refractivity contribution in [1.82, 2.24) is 0 Å². The molecule has 0 heterocycles. The second-order valence-corrected chi connectivity index (χ2v) is 4.26. The summed E-state index contributed by atoms with van der Waals surface area (Å²) in [5, 5.41) is 8.24. The summed E-state index contributed by atoms with van der Waals surface area (Å²) in [6.45, 7) is 3.63. The van der Waals surface area contributed by atoms with Crippen molar-refractivity contribution in [3.05, 3.63) is 42.5 Å². The van der Waals surface area contributed by atoms with Crippen molar-refractivity contribution in [1.29, 1.82) is 0 Å². The lowest BCUT2D eigenvalue weighted by Gasteiger charge is -2.19. The van der Waals surface area contributed by atoms with E-state index in [4.69, 9.17) is 5.11 Å². The first-order valence-electron chi connectivity index (χ1n) is 6.29. The summed E-state index contributed by atoms with van der Waals surface area (Å²) >= 11 is 0. The Balaban J connectivity index is 0.000000184. The minimum absolute atomic E-state index is 0.0220. The largest absolute Gasteiger partial charge is 0.506 e. The van der Waals surface area contributed by atoms with Gasteiger partial charge < -0.3 is 9.84 Å². The number of benzene rings is 1. The zero-order valence-electron chi connectivity index (χ0n) is 10.5. The van der Waals surface area contributed by atoms with Gasteiger partial charge in [-0.1, -0.05) is 49.4 Å². The highest BCUT2D eigenvalue weighted by atomic mass is 16.7. The van der Waals surface area contributed by atoms with E-state index in [9.17, 15) is 4.79 Å². The number of hydrogen-bond acceptors (Lipinski definition) is 2. The summed E-state index contributed by atoms with van der Waals surface area (Å²) in [5.41, 5.74) is 1.17. The van der Waals surface area contributed by atoms with Gasteiger partial charge in [0.05, 0.1) is 0 Å². The van der Waals surface area contributed by atoms with Crippen molar-refractivity contribution in [3.63, 3.8) is 0 Å². The standard InChI is InChI=1S/C8H8.C7H12O3/c1-2-8-6-4-3-5-7-8;8-7(9)10-6-4-2-1-3-5-6/h2-7H,1H2;6H,1-5H2,(H,8,9). The Morgan fingerprint density at radius 3 is 2.28 bits per heavy atom. The van der Waals surface area contributed by atoms with Crippen LogP contribution >= 0.6 is 0 Å². The third-order valence-electron chi connectivity index (χ3n) is 2.85. The van der Waals surface area contributed by atoms with Crippen molar-refractivity contribution >= 4 is 12.2 Å². The van der Waals surface area contributed by atoms with Crippen LogP contribution in [-0.4, -0.2) is 17.4 Å². The molecule has 1 aromatic carbocycles. The molecular formula is C15H20O3. The molecule has 0 aliphatic heterocycles. The zero-order valence-corrected chi connectivity index (χ0v) is 10.5. The van der Waals surface area contributed by atoms with Crippen LogP contribution in [0.15, 0.2) is 36.9 Å². The molecule has 18 heavy (non-hydrogen) atoms. The molecule has 1 aliphatic rings. The van der Waals surface area contributed by atoms with Gasteiger partial charge in [0.15, 0.2) is 0 Å². The smallest absolute Gasteiger partial charge is 0.450 e. The number of ether oxygens (including phenoxy) is 1. The van der Waals surface area contributed by atoms with Crippen LogP contribution < -0.4 is 0 Å². The molecule has 2 rings (SSSR count). The minimum atomic E-state index is -1.13. The molecule has 3 heteroatoms. The molecule has 3 nitrogen and oxygen atoms in total. The summed E-state index contributed by atoms with van der Waals surface area (Å²) in [5.74, 6) is 0. The summed E-state index contributed by atoms with van der Waals surface area (Å²) < 4.78 is 4.61. The fourth-order valence-electron chi connectivity index (χ4n) is 1.91. The third-order valence-corrected chi connectivity index (χ3v) is 2.85. The van der Waals surface area contributed by atoms with Gasteiger partial charge in [0.1, 0.15) is 6.10 Å². The zero-order chi connectivity index (χ0) is 13.2. The van der Waals surface area contributed by atoms with Gasteiger partial charge in [-0.25, -0.2) is 4.79 Å². The topological polar surface area (TPSA) is 46.5 Å². The summed E-state index contributed by atoms with van der Waals surface area (Å²) in [4.78, 5) is 10.0. The predicted molar refractivity (Wildman–Crippen MR) is 72.5 cm³/mol. The van der Waals surface area contributed by atoms with Gasteiger partial charge in [0, 0.05) is 0 Å². The molecule has 0 amide bonds. The normalized spacial score (nSPS) is 15.1. The lowest BCUT2D eigenvalue weighted by atomic mass is 9.98. The summed E-state index contributed by atoms with van der Waals surface area (Å²) in [6, 6.07) is 10.0. The van der Waals surface area contributed by atoms with Crippen molar-refractivity contribution in [2.24, 2.45) is 0 Å². The van der Waals surface area contributed by atoms with Crippen LogP contribution in [-0.2, 0) is 4.74 Å². The van der Waals surface area contributed by atoms with Gasteiger partial charge in [-0.3, -0.25) is 0 Å². The van der Waals surface area contributed by atoms with Gasteiger partial charge in [0.25, 0.3) is 0 Å². The van der Waals surface area contributed by atoms with Gasteiger partial charge in [-0.15, -0.1) is 0 Å². The molecule has 0 saturated heterocycles. The number of carboxylic acid groups (broad SMARTS) is 1. The van der Waals surface area contributed by atoms with Crippen molar-refractivity contribution in [2.45, 2.75) is 38.2 Å². The highest BCUT2D eigenvalue weighted by molar-refractivity contribution is 5.57. The molecule has 0 bridgehead atoms. The van der Waals surface area contributed by atoms with Crippen LogP contribution in [0.2, 0.25) is 0 Å². The lowest BCUT2D eigenvalue weighted by Crippen LogP contribution is -2.19. The monoisotopic (exact) mass is 248 g/mol. The molecule has 1 aliphatic carbocycles. The van der Waals surface area contributed by atoms with E-state index in [1.54, 1.807) is 0 Å². The van der Waals surface area contributed by atoms with E-state index in [0.717, 1.165) is 25.7 Å². The van der Waals surface area contributed by atoms with Crippen LogP contribution in [0, 0.1) is 0 Å². The second kappa shape index (κ2) is 8.34. The fourth-order valence-corrected chi connectivity index (χ4v) is 1.91. The molecule has 98 valence electrons. The van der Waals surface area contributed by atoms with Crippen molar-refractivity contribution in [2.75, 3.05) is 0 Å². The van der Waals surface area contributed by atoms with E-state index in [1.165, 1.54) is 12.0 Å². The lowest BCUT2D eigenvalue weighted by molar-refractivity contribution is 0.0358. The first-order valence-corrected chi connectivity index (χ1v) is 6.29. The Kier molecular flexibility index (Phi) is 6.62. The van der Waals surface area contributed by atoms with Crippen LogP contribution in [0.25, 0.3) is 6.08 Å². The molecule has 1 fully saturated rings. The molecule has 0 atom stereocenters. The Morgan fingerprint density at radius 2 is 1.83 bits per heavy atom. The quantitative estimate of drug-likeness (QED) is 0.792. The molecule has 1 saturated carbocycles. The second-order valence-electron chi connectivity index (χ2n) is 4.26. The maximum Gasteiger partial charge on any atom is 0.506 e. The summed E-state index contributed by atoms with van der Waals surface area (Å²) in [7, 11) is 0. The van der Waals surface area contributed by atoms with Gasteiger partial charge in [-0.05, 0) is 31.2 Å². The van der Waals surface area contributed by atoms with Crippen molar-refractivity contribution < 1.29 is 14.6 Å². The average Bonchev–Trinajstić information content (AvgIpc) is 2.41. The predicted octanol–water partition coefficient (Wildman–Crippen LogP) is 4.34. The Bertz CT molecular complexity index is 353. The highest BCUT2D eigenvalue weighted by Crippen LogP contribution is 2.19. The number of hydrogen-bond donors (Lipinski definition) is 1. The van der Waals surface area contributed by atoms with Crippen LogP contribution in [0.1, 0.15) is 37.7 Å². The SMILES string of the molecule is C=Cc1ccccc1.O=C(O)OC1CCCCC1. The molecular weight excluding hydrogens is 228 g/mol. The minimum Gasteiger partial charge on any atom is -0.450 e. The van der Waals surface area contributed by atoms with Gasteiger partial charge in [-0.2, -0.15) is 0 Å². The molecule has 0 spiro atoms. The van der Waals surface area contributed by atoms with Gasteiger partial charge in [0.2, 0.25) is 0 Å². The highest BCUT2D eigenvalue weighted by Gasteiger charge is 2.16. The first kappa shape index (κ1) is 14.3. The van der Waals surface area contributed by atoms with Crippen LogP contribution in [0.3, 0.4) is 0 Å². The molecule has 1 N–H and O–H groups in total. The molecule has 0 aromatic heterocycles. The van der Waals surface area contributed by atoms with E-state index in [1.807, 2.05) is 36.4 Å². The third kappa shape index (κ3) is 6.09. The van der Waals surface area contributed by atoms with Crippen LogP contribution in [0.5, 0.6) is 0 Å². The van der Waals surface area contributed by atoms with E-state index < -0.39 is 6.16 Å². The first-order chi connectivity index (χ1) is 8.72. The van der Waals surface area contributed by atoms with E-state index >= 15 is 0 Å².